The van der Waals surface area contributed by atoms with Crippen LogP contribution in [0.3, 0.4) is 0 Å². The van der Waals surface area contributed by atoms with Gasteiger partial charge in [0, 0.05) is 25.0 Å². The van der Waals surface area contributed by atoms with Crippen LogP contribution in [0.1, 0.15) is 19.8 Å². The van der Waals surface area contributed by atoms with E-state index in [4.69, 9.17) is 0 Å². The van der Waals surface area contributed by atoms with Crippen molar-refractivity contribution in [3.8, 4) is 0 Å². The number of hydrogen-bond donors (Lipinski definition) is 1. The van der Waals surface area contributed by atoms with Crippen molar-refractivity contribution in [1.82, 2.24) is 10.2 Å². The summed E-state index contributed by atoms with van der Waals surface area (Å²) in [6.45, 7) is 5.14. The molecule has 2 atom stereocenters. The molecular formula is C13H20N2O3. The molecule has 0 aliphatic carbocycles. The van der Waals surface area contributed by atoms with Crippen LogP contribution in [0.2, 0.25) is 0 Å². The molecule has 5 heteroatoms. The SMILES string of the molecule is CCCN1CC[C@H]2NC(=O)C(C(=O)OC)=C[C@H]2C1. The molecule has 0 saturated carbocycles. The maximum atomic E-state index is 11.8. The van der Waals surface area contributed by atoms with Gasteiger partial charge in [-0.15, -0.1) is 0 Å². The molecule has 5 nitrogen and oxygen atoms in total. The number of hydrogen-bond acceptors (Lipinski definition) is 4. The molecule has 2 aliphatic heterocycles. The topological polar surface area (TPSA) is 58.6 Å². The second kappa shape index (κ2) is 5.52. The average molecular weight is 252 g/mol. The molecule has 100 valence electrons. The Balaban J connectivity index is 2.12. The molecule has 1 fully saturated rings. The third-order valence-electron chi connectivity index (χ3n) is 3.63. The van der Waals surface area contributed by atoms with Gasteiger partial charge in [0.2, 0.25) is 0 Å². The van der Waals surface area contributed by atoms with E-state index in [1.54, 1.807) is 6.08 Å². The van der Waals surface area contributed by atoms with Crippen LogP contribution >= 0.6 is 0 Å². The number of piperidine rings is 1. The number of rotatable bonds is 3. The largest absolute Gasteiger partial charge is 0.465 e. The van der Waals surface area contributed by atoms with Gasteiger partial charge in [-0.2, -0.15) is 0 Å². The lowest BCUT2D eigenvalue weighted by atomic mass is 9.87. The Labute approximate surface area is 107 Å². The molecule has 1 N–H and O–H groups in total. The minimum Gasteiger partial charge on any atom is -0.465 e. The molecular weight excluding hydrogens is 232 g/mol. The minimum absolute atomic E-state index is 0.150. The van der Waals surface area contributed by atoms with Gasteiger partial charge in [-0.1, -0.05) is 13.0 Å². The van der Waals surface area contributed by atoms with Gasteiger partial charge < -0.3 is 15.0 Å². The van der Waals surface area contributed by atoms with E-state index >= 15 is 0 Å². The van der Waals surface area contributed by atoms with Gasteiger partial charge >= 0.3 is 5.97 Å². The summed E-state index contributed by atoms with van der Waals surface area (Å²) < 4.78 is 4.63. The van der Waals surface area contributed by atoms with Crippen LogP contribution < -0.4 is 5.32 Å². The Hall–Kier alpha value is -1.36. The Bertz CT molecular complexity index is 378. The summed E-state index contributed by atoms with van der Waals surface area (Å²) >= 11 is 0. The normalized spacial score (nSPS) is 28.1. The molecule has 1 amide bonds. The van der Waals surface area contributed by atoms with Crippen LogP contribution in [-0.2, 0) is 14.3 Å². The zero-order chi connectivity index (χ0) is 13.1. The number of amides is 1. The van der Waals surface area contributed by atoms with E-state index in [0.29, 0.717) is 0 Å². The number of nitrogens with zero attached hydrogens (tertiary/aromatic N) is 1. The van der Waals surface area contributed by atoms with Crippen molar-refractivity contribution in [3.05, 3.63) is 11.6 Å². The standard InChI is InChI=1S/C13H20N2O3/c1-3-5-15-6-4-11-9(8-15)7-10(12(16)14-11)13(17)18-2/h7,9,11H,3-6,8H2,1-2H3,(H,14,16)/t9-,11+/m0/s1. The lowest BCUT2D eigenvalue weighted by Crippen LogP contribution is -2.54. The summed E-state index contributed by atoms with van der Waals surface area (Å²) in [5.74, 6) is -0.622. The molecule has 0 aromatic rings. The highest BCUT2D eigenvalue weighted by molar-refractivity contribution is 6.16. The first-order valence-corrected chi connectivity index (χ1v) is 6.49. The number of fused-ring (bicyclic) bond motifs is 1. The van der Waals surface area contributed by atoms with Crippen LogP contribution in [0.15, 0.2) is 11.6 Å². The summed E-state index contributed by atoms with van der Waals surface area (Å²) in [7, 11) is 1.30. The highest BCUT2D eigenvalue weighted by atomic mass is 16.5. The molecule has 0 aromatic heterocycles. The van der Waals surface area contributed by atoms with E-state index in [0.717, 1.165) is 32.5 Å². The number of esters is 1. The van der Waals surface area contributed by atoms with Crippen molar-refractivity contribution < 1.29 is 14.3 Å². The highest BCUT2D eigenvalue weighted by Gasteiger charge is 2.35. The van der Waals surface area contributed by atoms with Crippen molar-refractivity contribution >= 4 is 11.9 Å². The van der Waals surface area contributed by atoms with Gasteiger partial charge in [0.25, 0.3) is 5.91 Å². The van der Waals surface area contributed by atoms with Gasteiger partial charge in [-0.05, 0) is 19.4 Å². The van der Waals surface area contributed by atoms with E-state index in [1.165, 1.54) is 7.11 Å². The van der Waals surface area contributed by atoms with E-state index < -0.39 is 5.97 Å². The molecule has 2 heterocycles. The Morgan fingerprint density at radius 2 is 2.39 bits per heavy atom. The maximum Gasteiger partial charge on any atom is 0.343 e. The van der Waals surface area contributed by atoms with Crippen molar-refractivity contribution in [2.24, 2.45) is 5.92 Å². The maximum absolute atomic E-state index is 11.8. The molecule has 0 aromatic carbocycles. The van der Waals surface area contributed by atoms with Crippen molar-refractivity contribution in [2.75, 3.05) is 26.7 Å². The Kier molecular flexibility index (Phi) is 4.01. The van der Waals surface area contributed by atoms with Crippen LogP contribution in [0.5, 0.6) is 0 Å². The molecule has 2 rings (SSSR count). The number of methoxy groups -OCH3 is 1. The monoisotopic (exact) mass is 252 g/mol. The van der Waals surface area contributed by atoms with Gasteiger partial charge in [0.05, 0.1) is 7.11 Å². The summed E-state index contributed by atoms with van der Waals surface area (Å²) in [5.41, 5.74) is 0.150. The van der Waals surface area contributed by atoms with Gasteiger partial charge in [0.1, 0.15) is 5.57 Å². The third-order valence-corrected chi connectivity index (χ3v) is 3.63. The third kappa shape index (κ3) is 2.56. The number of carbonyl (C=O) groups is 2. The molecule has 2 aliphatic rings. The van der Waals surface area contributed by atoms with Crippen LogP contribution in [0.25, 0.3) is 0 Å². The molecule has 0 spiro atoms. The zero-order valence-electron chi connectivity index (χ0n) is 10.9. The van der Waals surface area contributed by atoms with E-state index in [2.05, 4.69) is 21.9 Å². The molecule has 1 saturated heterocycles. The van der Waals surface area contributed by atoms with E-state index in [9.17, 15) is 9.59 Å². The second-order valence-electron chi connectivity index (χ2n) is 4.91. The Morgan fingerprint density at radius 1 is 1.61 bits per heavy atom. The molecule has 0 unspecified atom stereocenters. The van der Waals surface area contributed by atoms with Gasteiger partial charge in [-0.25, -0.2) is 4.79 Å². The number of carbonyl (C=O) groups excluding carboxylic acids is 2. The van der Waals surface area contributed by atoms with E-state index in [1.807, 2.05) is 0 Å². The number of ether oxygens (including phenoxy) is 1. The predicted molar refractivity (Wildman–Crippen MR) is 66.9 cm³/mol. The summed E-state index contributed by atoms with van der Waals surface area (Å²) in [4.78, 5) is 25.6. The summed E-state index contributed by atoms with van der Waals surface area (Å²) in [5, 5.41) is 2.91. The first-order valence-electron chi connectivity index (χ1n) is 6.49. The Morgan fingerprint density at radius 3 is 3.06 bits per heavy atom. The average Bonchev–Trinajstić information content (AvgIpc) is 2.38. The molecule has 0 radical (unpaired) electrons. The van der Waals surface area contributed by atoms with Crippen molar-refractivity contribution in [2.45, 2.75) is 25.8 Å². The fraction of sp³-hybridized carbons (Fsp3) is 0.692. The first-order chi connectivity index (χ1) is 8.65. The van der Waals surface area contributed by atoms with Gasteiger partial charge in [0.15, 0.2) is 0 Å². The fourth-order valence-electron chi connectivity index (χ4n) is 2.73. The number of likely N-dealkylation sites (tertiary alicyclic amines) is 1. The zero-order valence-corrected chi connectivity index (χ0v) is 10.9. The molecule has 18 heavy (non-hydrogen) atoms. The first kappa shape index (κ1) is 13.1. The second-order valence-corrected chi connectivity index (χ2v) is 4.91. The van der Waals surface area contributed by atoms with Crippen LogP contribution in [-0.4, -0.2) is 49.6 Å². The van der Waals surface area contributed by atoms with Gasteiger partial charge in [-0.3, -0.25) is 4.79 Å². The molecule has 0 bridgehead atoms. The summed E-state index contributed by atoms with van der Waals surface area (Å²) in [6.07, 6.45) is 3.86. The quantitative estimate of drug-likeness (QED) is 0.580. The van der Waals surface area contributed by atoms with Crippen molar-refractivity contribution in [1.29, 1.82) is 0 Å². The van der Waals surface area contributed by atoms with Crippen LogP contribution in [0, 0.1) is 5.92 Å². The lowest BCUT2D eigenvalue weighted by molar-refractivity contribution is -0.138. The highest BCUT2D eigenvalue weighted by Crippen LogP contribution is 2.24. The van der Waals surface area contributed by atoms with Crippen LogP contribution in [0.4, 0.5) is 0 Å². The lowest BCUT2D eigenvalue weighted by Gasteiger charge is -2.39. The number of nitrogens with one attached hydrogen (secondary N) is 1. The summed E-state index contributed by atoms with van der Waals surface area (Å²) in [6, 6.07) is 0.166. The fourth-order valence-corrected chi connectivity index (χ4v) is 2.73. The van der Waals surface area contributed by atoms with E-state index in [-0.39, 0.29) is 23.4 Å². The smallest absolute Gasteiger partial charge is 0.343 e. The minimum atomic E-state index is -0.543. The predicted octanol–water partition coefficient (Wildman–Crippen LogP) is 0.316. The van der Waals surface area contributed by atoms with Crippen molar-refractivity contribution in [3.63, 3.8) is 0 Å².